The number of anilines is 1. The van der Waals surface area contributed by atoms with Crippen molar-refractivity contribution < 1.29 is 13.6 Å². The zero-order valence-corrected chi connectivity index (χ0v) is 8.78. The van der Waals surface area contributed by atoms with Crippen molar-refractivity contribution in [3.05, 3.63) is 23.8 Å². The Balaban J connectivity index is 2.56. The van der Waals surface area contributed by atoms with Gasteiger partial charge in [-0.1, -0.05) is 0 Å². The van der Waals surface area contributed by atoms with E-state index in [2.05, 4.69) is 4.98 Å². The molecule has 0 radical (unpaired) electrons. The summed E-state index contributed by atoms with van der Waals surface area (Å²) in [5.41, 5.74) is 10.7. The molecule has 0 bridgehead atoms. The number of nitrogens with zero attached hydrogens (tertiary/aromatic N) is 2. The standard InChI is InChI=1S/C10H10F2N4O/c11-5-1-2-6-9(8(5)12)16(10(14)15-6)4-3-7(13)17/h1-2H,3-4H2,(H2,13,17)(H2,14,15). The lowest BCUT2D eigenvalue weighted by Crippen LogP contribution is -2.15. The molecule has 1 amide bonds. The van der Waals surface area contributed by atoms with Gasteiger partial charge in [-0.05, 0) is 12.1 Å². The van der Waals surface area contributed by atoms with E-state index in [1.165, 1.54) is 10.6 Å². The van der Waals surface area contributed by atoms with Gasteiger partial charge in [-0.25, -0.2) is 13.8 Å². The highest BCUT2D eigenvalue weighted by Crippen LogP contribution is 2.23. The number of imidazole rings is 1. The Morgan fingerprint density at radius 3 is 2.76 bits per heavy atom. The van der Waals surface area contributed by atoms with Gasteiger partial charge < -0.3 is 16.0 Å². The Morgan fingerprint density at radius 1 is 1.41 bits per heavy atom. The molecule has 2 aromatic rings. The second kappa shape index (κ2) is 4.00. The second-order valence-corrected chi connectivity index (χ2v) is 3.57. The van der Waals surface area contributed by atoms with Gasteiger partial charge in [0.1, 0.15) is 5.52 Å². The van der Waals surface area contributed by atoms with Gasteiger partial charge >= 0.3 is 0 Å². The quantitative estimate of drug-likeness (QED) is 0.830. The first-order chi connectivity index (χ1) is 8.00. The van der Waals surface area contributed by atoms with Crippen LogP contribution in [0.1, 0.15) is 6.42 Å². The number of carbonyl (C=O) groups excluding carboxylic acids is 1. The van der Waals surface area contributed by atoms with Gasteiger partial charge in [0, 0.05) is 13.0 Å². The van der Waals surface area contributed by atoms with Crippen molar-refractivity contribution in [2.45, 2.75) is 13.0 Å². The predicted molar refractivity (Wildman–Crippen MR) is 57.9 cm³/mol. The van der Waals surface area contributed by atoms with Crippen LogP contribution in [0, 0.1) is 11.6 Å². The minimum atomic E-state index is -1.03. The molecule has 0 fully saturated rings. The monoisotopic (exact) mass is 240 g/mol. The predicted octanol–water partition coefficient (Wildman–Crippen LogP) is 0.772. The normalized spacial score (nSPS) is 10.9. The highest BCUT2D eigenvalue weighted by atomic mass is 19.2. The van der Waals surface area contributed by atoms with Crippen LogP contribution >= 0.6 is 0 Å². The number of hydrogen-bond acceptors (Lipinski definition) is 3. The van der Waals surface area contributed by atoms with E-state index in [9.17, 15) is 13.6 Å². The van der Waals surface area contributed by atoms with Crippen LogP contribution in [-0.4, -0.2) is 15.5 Å². The van der Waals surface area contributed by atoms with Gasteiger partial charge in [-0.3, -0.25) is 4.79 Å². The number of halogens is 2. The summed E-state index contributed by atoms with van der Waals surface area (Å²) in [6.07, 6.45) is -0.0222. The van der Waals surface area contributed by atoms with Crippen LogP contribution in [0.25, 0.3) is 11.0 Å². The fourth-order valence-electron chi connectivity index (χ4n) is 1.62. The highest BCUT2D eigenvalue weighted by Gasteiger charge is 2.16. The van der Waals surface area contributed by atoms with E-state index in [0.29, 0.717) is 0 Å². The summed E-state index contributed by atoms with van der Waals surface area (Å²) in [6.45, 7) is 0.0675. The molecule has 0 atom stereocenters. The number of hydrogen-bond donors (Lipinski definition) is 2. The Kier molecular flexibility index (Phi) is 2.66. The smallest absolute Gasteiger partial charge is 0.219 e. The number of nitrogen functional groups attached to an aromatic ring is 1. The number of aryl methyl sites for hydroxylation is 1. The Labute approximate surface area is 95.0 Å². The highest BCUT2D eigenvalue weighted by molar-refractivity contribution is 5.79. The van der Waals surface area contributed by atoms with Gasteiger partial charge in [-0.15, -0.1) is 0 Å². The van der Waals surface area contributed by atoms with Crippen molar-refractivity contribution in [3.8, 4) is 0 Å². The molecule has 0 aliphatic rings. The molecule has 1 aromatic heterocycles. The first-order valence-corrected chi connectivity index (χ1v) is 4.88. The minimum absolute atomic E-state index is 0.0192. The van der Waals surface area contributed by atoms with Crippen molar-refractivity contribution in [1.29, 1.82) is 0 Å². The molecule has 0 aliphatic heterocycles. The van der Waals surface area contributed by atoms with Crippen molar-refractivity contribution in [1.82, 2.24) is 9.55 Å². The topological polar surface area (TPSA) is 86.9 Å². The lowest BCUT2D eigenvalue weighted by Gasteiger charge is -2.05. The van der Waals surface area contributed by atoms with E-state index in [0.717, 1.165) is 6.07 Å². The van der Waals surface area contributed by atoms with E-state index >= 15 is 0 Å². The first kappa shape index (κ1) is 11.3. The Bertz CT molecular complexity index is 593. The molecule has 1 heterocycles. The number of carbonyl (C=O) groups is 1. The molecule has 4 N–H and O–H groups in total. The summed E-state index contributed by atoms with van der Waals surface area (Å²) in [5, 5.41) is 0. The van der Waals surface area contributed by atoms with Crippen molar-refractivity contribution >= 4 is 22.9 Å². The van der Waals surface area contributed by atoms with Crippen LogP contribution in [0.5, 0.6) is 0 Å². The molecule has 0 spiro atoms. The van der Waals surface area contributed by atoms with E-state index in [-0.39, 0.29) is 29.9 Å². The maximum Gasteiger partial charge on any atom is 0.219 e. The fourth-order valence-corrected chi connectivity index (χ4v) is 1.62. The van der Waals surface area contributed by atoms with Crippen LogP contribution in [0.3, 0.4) is 0 Å². The van der Waals surface area contributed by atoms with Crippen LogP contribution in [0.15, 0.2) is 12.1 Å². The molecule has 0 aliphatic carbocycles. The summed E-state index contributed by atoms with van der Waals surface area (Å²) < 4.78 is 27.9. The molecule has 5 nitrogen and oxygen atoms in total. The van der Waals surface area contributed by atoms with E-state index in [1.807, 2.05) is 0 Å². The number of rotatable bonds is 3. The minimum Gasteiger partial charge on any atom is -0.370 e. The van der Waals surface area contributed by atoms with Crippen LogP contribution < -0.4 is 11.5 Å². The van der Waals surface area contributed by atoms with Gasteiger partial charge in [-0.2, -0.15) is 0 Å². The molecule has 7 heteroatoms. The summed E-state index contributed by atoms with van der Waals surface area (Å²) >= 11 is 0. The van der Waals surface area contributed by atoms with Gasteiger partial charge in [0.05, 0.1) is 5.52 Å². The van der Waals surface area contributed by atoms with Crippen LogP contribution in [-0.2, 0) is 11.3 Å². The number of aromatic nitrogens is 2. The zero-order valence-electron chi connectivity index (χ0n) is 8.78. The van der Waals surface area contributed by atoms with Crippen LogP contribution in [0.4, 0.5) is 14.7 Å². The molecule has 17 heavy (non-hydrogen) atoms. The lowest BCUT2D eigenvalue weighted by atomic mass is 10.3. The maximum absolute atomic E-state index is 13.6. The van der Waals surface area contributed by atoms with Gasteiger partial charge in [0.25, 0.3) is 0 Å². The van der Waals surface area contributed by atoms with Crippen LogP contribution in [0.2, 0.25) is 0 Å². The average Bonchev–Trinajstić information content (AvgIpc) is 2.58. The summed E-state index contributed by atoms with van der Waals surface area (Å²) in [5.74, 6) is -2.55. The Hall–Kier alpha value is -2.18. The number of amides is 1. The average molecular weight is 240 g/mol. The van der Waals surface area contributed by atoms with E-state index < -0.39 is 17.5 Å². The number of fused-ring (bicyclic) bond motifs is 1. The fraction of sp³-hybridized carbons (Fsp3) is 0.200. The molecular weight excluding hydrogens is 230 g/mol. The van der Waals surface area contributed by atoms with Gasteiger partial charge in [0.15, 0.2) is 11.6 Å². The summed E-state index contributed by atoms with van der Waals surface area (Å²) in [4.78, 5) is 14.5. The van der Waals surface area contributed by atoms with Crippen molar-refractivity contribution in [3.63, 3.8) is 0 Å². The number of nitrogens with two attached hydrogens (primary N) is 2. The molecule has 0 saturated carbocycles. The lowest BCUT2D eigenvalue weighted by molar-refractivity contribution is -0.118. The molecule has 90 valence electrons. The molecule has 2 rings (SSSR count). The van der Waals surface area contributed by atoms with Crippen molar-refractivity contribution in [2.75, 3.05) is 5.73 Å². The third-order valence-electron chi connectivity index (χ3n) is 2.41. The summed E-state index contributed by atoms with van der Waals surface area (Å²) in [6, 6.07) is 2.30. The third kappa shape index (κ3) is 1.91. The third-order valence-corrected chi connectivity index (χ3v) is 2.41. The SMILES string of the molecule is NC(=O)CCn1c(N)nc2ccc(F)c(F)c21. The van der Waals surface area contributed by atoms with Crippen molar-refractivity contribution in [2.24, 2.45) is 5.73 Å². The zero-order chi connectivity index (χ0) is 12.6. The van der Waals surface area contributed by atoms with E-state index in [4.69, 9.17) is 11.5 Å². The molecule has 0 saturated heterocycles. The largest absolute Gasteiger partial charge is 0.370 e. The van der Waals surface area contributed by atoms with Gasteiger partial charge in [0.2, 0.25) is 11.9 Å². The summed E-state index contributed by atoms with van der Waals surface area (Å²) in [7, 11) is 0. The molecule has 1 aromatic carbocycles. The number of primary amides is 1. The number of benzene rings is 1. The molecular formula is C10H10F2N4O. The Morgan fingerprint density at radius 2 is 2.12 bits per heavy atom. The first-order valence-electron chi connectivity index (χ1n) is 4.88. The maximum atomic E-state index is 13.6. The molecule has 0 unspecified atom stereocenters. The van der Waals surface area contributed by atoms with E-state index in [1.54, 1.807) is 0 Å². The second-order valence-electron chi connectivity index (χ2n) is 3.57.